The van der Waals surface area contributed by atoms with Gasteiger partial charge in [-0.1, -0.05) is 11.3 Å². The molecule has 0 bridgehead atoms. The van der Waals surface area contributed by atoms with Crippen molar-refractivity contribution in [1.29, 1.82) is 0 Å². The Morgan fingerprint density at radius 2 is 1.95 bits per heavy atom. The second-order valence-corrected chi connectivity index (χ2v) is 7.22. The Hall–Kier alpha value is -1.25. The zero-order valence-electron chi connectivity index (χ0n) is 13.1. The number of aryl methyl sites for hydroxylation is 1. The topological polar surface area (TPSA) is 73.4 Å². The van der Waals surface area contributed by atoms with E-state index in [1.54, 1.807) is 0 Å². The van der Waals surface area contributed by atoms with Crippen LogP contribution in [0.4, 0.5) is 9.93 Å². The van der Waals surface area contributed by atoms with Crippen molar-refractivity contribution in [2.24, 2.45) is 0 Å². The predicted molar refractivity (Wildman–Crippen MR) is 84.8 cm³/mol. The molecule has 0 radical (unpaired) electrons. The van der Waals surface area contributed by atoms with Gasteiger partial charge in [-0.15, -0.1) is 10.2 Å². The van der Waals surface area contributed by atoms with Gasteiger partial charge in [-0.3, -0.25) is 10.2 Å². The molecule has 1 aromatic rings. The standard InChI is InChI=1S/C13H24N6OS/c1-10-16-17-12(21-10)15-11(20)14-9-13(2,3)19-7-5-18(4)6-8-19/h5-9H2,1-4H3,(H2,14,15,17,20). The lowest BCUT2D eigenvalue weighted by Crippen LogP contribution is -2.58. The molecule has 7 nitrogen and oxygen atoms in total. The quantitative estimate of drug-likeness (QED) is 0.867. The van der Waals surface area contributed by atoms with Gasteiger partial charge in [0.1, 0.15) is 5.01 Å². The van der Waals surface area contributed by atoms with E-state index in [-0.39, 0.29) is 11.6 Å². The highest BCUT2D eigenvalue weighted by Gasteiger charge is 2.29. The number of piperazine rings is 1. The Balaban J connectivity index is 1.79. The van der Waals surface area contributed by atoms with Crippen molar-refractivity contribution >= 4 is 22.5 Å². The molecule has 0 aromatic carbocycles. The number of hydrogen-bond donors (Lipinski definition) is 2. The molecule has 1 fully saturated rings. The summed E-state index contributed by atoms with van der Waals surface area (Å²) in [5.74, 6) is 0. The molecule has 1 saturated heterocycles. The van der Waals surface area contributed by atoms with Gasteiger partial charge < -0.3 is 10.2 Å². The first kappa shape index (κ1) is 16.1. The minimum atomic E-state index is -0.228. The highest BCUT2D eigenvalue weighted by atomic mass is 32.1. The molecule has 0 aliphatic carbocycles. The number of nitrogens with zero attached hydrogens (tertiary/aromatic N) is 4. The van der Waals surface area contributed by atoms with Gasteiger partial charge in [0.05, 0.1) is 0 Å². The third kappa shape index (κ3) is 4.62. The second-order valence-electron chi connectivity index (χ2n) is 6.04. The summed E-state index contributed by atoms with van der Waals surface area (Å²) < 4.78 is 0. The predicted octanol–water partition coefficient (Wildman–Crippen LogP) is 0.994. The molecule has 8 heteroatoms. The largest absolute Gasteiger partial charge is 0.336 e. The van der Waals surface area contributed by atoms with Crippen molar-refractivity contribution in [3.05, 3.63) is 5.01 Å². The SMILES string of the molecule is Cc1nnc(NC(=O)NCC(C)(C)N2CCN(C)CC2)s1. The van der Waals surface area contributed by atoms with Crippen LogP contribution in [0.2, 0.25) is 0 Å². The fraction of sp³-hybridized carbons (Fsp3) is 0.769. The van der Waals surface area contributed by atoms with E-state index < -0.39 is 0 Å². The molecule has 0 saturated carbocycles. The van der Waals surface area contributed by atoms with Gasteiger partial charge in [0, 0.05) is 38.3 Å². The minimum Gasteiger partial charge on any atom is -0.336 e. The average molecular weight is 312 g/mol. The number of carbonyl (C=O) groups is 1. The lowest BCUT2D eigenvalue weighted by molar-refractivity contribution is 0.0636. The fourth-order valence-corrected chi connectivity index (χ4v) is 2.90. The van der Waals surface area contributed by atoms with E-state index in [0.717, 1.165) is 31.2 Å². The molecule has 1 aromatic heterocycles. The minimum absolute atomic E-state index is 0.0599. The van der Waals surface area contributed by atoms with Gasteiger partial charge >= 0.3 is 6.03 Å². The number of amides is 2. The Morgan fingerprint density at radius 1 is 1.29 bits per heavy atom. The first-order valence-electron chi connectivity index (χ1n) is 7.15. The third-order valence-corrected chi connectivity index (χ3v) is 4.54. The summed E-state index contributed by atoms with van der Waals surface area (Å²) in [6.45, 7) is 11.0. The highest BCUT2D eigenvalue weighted by molar-refractivity contribution is 7.15. The monoisotopic (exact) mass is 312 g/mol. The summed E-state index contributed by atoms with van der Waals surface area (Å²) in [7, 11) is 2.14. The summed E-state index contributed by atoms with van der Waals surface area (Å²) in [5.41, 5.74) is -0.0599. The third-order valence-electron chi connectivity index (χ3n) is 3.79. The maximum atomic E-state index is 11.9. The van der Waals surface area contributed by atoms with Crippen molar-refractivity contribution in [2.75, 3.05) is 45.1 Å². The molecule has 1 aliphatic heterocycles. The Bertz CT molecular complexity index is 481. The molecule has 2 heterocycles. The van der Waals surface area contributed by atoms with E-state index in [9.17, 15) is 4.79 Å². The number of anilines is 1. The zero-order chi connectivity index (χ0) is 15.5. The molecule has 1 aliphatic rings. The zero-order valence-corrected chi connectivity index (χ0v) is 14.0. The lowest BCUT2D eigenvalue weighted by atomic mass is 10.0. The van der Waals surface area contributed by atoms with Crippen molar-refractivity contribution in [2.45, 2.75) is 26.3 Å². The summed E-state index contributed by atoms with van der Waals surface area (Å²) in [4.78, 5) is 16.6. The normalized spacial score (nSPS) is 17.7. The van der Waals surface area contributed by atoms with Crippen LogP contribution < -0.4 is 10.6 Å². The van der Waals surface area contributed by atoms with Gasteiger partial charge in [-0.05, 0) is 27.8 Å². The highest BCUT2D eigenvalue weighted by Crippen LogP contribution is 2.16. The first-order chi connectivity index (χ1) is 9.87. The Kier molecular flexibility index (Phi) is 5.13. The van der Waals surface area contributed by atoms with Crippen molar-refractivity contribution < 1.29 is 4.79 Å². The van der Waals surface area contributed by atoms with E-state index in [1.165, 1.54) is 11.3 Å². The van der Waals surface area contributed by atoms with Crippen LogP contribution in [0.3, 0.4) is 0 Å². The number of hydrogen-bond acceptors (Lipinski definition) is 6. The van der Waals surface area contributed by atoms with Crippen molar-refractivity contribution in [3.8, 4) is 0 Å². The summed E-state index contributed by atoms with van der Waals surface area (Å²) >= 11 is 1.37. The van der Waals surface area contributed by atoms with Crippen LogP contribution in [0.1, 0.15) is 18.9 Å². The van der Waals surface area contributed by atoms with Crippen LogP contribution in [0.5, 0.6) is 0 Å². The maximum absolute atomic E-state index is 11.9. The molecule has 0 atom stereocenters. The first-order valence-corrected chi connectivity index (χ1v) is 7.97. The van der Waals surface area contributed by atoms with Crippen LogP contribution in [0, 0.1) is 6.92 Å². The van der Waals surface area contributed by atoms with Gasteiger partial charge in [-0.25, -0.2) is 4.79 Å². The molecular weight excluding hydrogens is 288 g/mol. The van der Waals surface area contributed by atoms with Crippen LogP contribution in [0.25, 0.3) is 0 Å². The van der Waals surface area contributed by atoms with Gasteiger partial charge in [0.2, 0.25) is 5.13 Å². The van der Waals surface area contributed by atoms with Crippen LogP contribution >= 0.6 is 11.3 Å². The lowest BCUT2D eigenvalue weighted by Gasteiger charge is -2.43. The van der Waals surface area contributed by atoms with Gasteiger partial charge in [0.25, 0.3) is 0 Å². The van der Waals surface area contributed by atoms with Crippen LogP contribution in [-0.4, -0.2) is 71.3 Å². The van der Waals surface area contributed by atoms with Crippen LogP contribution in [-0.2, 0) is 0 Å². The molecule has 0 spiro atoms. The summed E-state index contributed by atoms with van der Waals surface area (Å²) in [6, 6.07) is -0.228. The van der Waals surface area contributed by atoms with E-state index >= 15 is 0 Å². The summed E-state index contributed by atoms with van der Waals surface area (Å²) in [5, 5.41) is 14.8. The maximum Gasteiger partial charge on any atom is 0.321 e. The van der Waals surface area contributed by atoms with E-state index in [2.05, 4.69) is 51.5 Å². The number of carbonyl (C=O) groups excluding carboxylic acids is 1. The number of likely N-dealkylation sites (N-methyl/N-ethyl adjacent to an activating group) is 1. The Morgan fingerprint density at radius 3 is 2.52 bits per heavy atom. The van der Waals surface area contributed by atoms with Gasteiger partial charge in [-0.2, -0.15) is 0 Å². The molecule has 2 N–H and O–H groups in total. The summed E-state index contributed by atoms with van der Waals surface area (Å²) in [6.07, 6.45) is 0. The second kappa shape index (κ2) is 6.67. The average Bonchev–Trinajstić information content (AvgIpc) is 2.82. The van der Waals surface area contributed by atoms with E-state index in [0.29, 0.717) is 11.7 Å². The van der Waals surface area contributed by atoms with E-state index in [4.69, 9.17) is 0 Å². The fourth-order valence-electron chi connectivity index (χ4n) is 2.31. The van der Waals surface area contributed by atoms with Crippen LogP contribution in [0.15, 0.2) is 0 Å². The number of rotatable bonds is 4. The molecule has 2 rings (SSSR count). The smallest absolute Gasteiger partial charge is 0.321 e. The molecule has 2 amide bonds. The van der Waals surface area contributed by atoms with E-state index in [1.807, 2.05) is 6.92 Å². The molecule has 21 heavy (non-hydrogen) atoms. The number of nitrogens with one attached hydrogen (secondary N) is 2. The van der Waals surface area contributed by atoms with Gasteiger partial charge in [0.15, 0.2) is 0 Å². The molecular formula is C13H24N6OS. The van der Waals surface area contributed by atoms with Crippen molar-refractivity contribution in [1.82, 2.24) is 25.3 Å². The number of aromatic nitrogens is 2. The van der Waals surface area contributed by atoms with Crippen molar-refractivity contribution in [3.63, 3.8) is 0 Å². The number of urea groups is 1. The molecule has 0 unspecified atom stereocenters. The molecule has 118 valence electrons. The Labute approximate surface area is 129 Å².